The second-order valence-electron chi connectivity index (χ2n) is 10.8. The molecular formula is C27H39N3. The van der Waals surface area contributed by atoms with Gasteiger partial charge in [0, 0.05) is 0 Å². The van der Waals surface area contributed by atoms with Crippen molar-refractivity contribution in [2.24, 2.45) is 5.41 Å². The van der Waals surface area contributed by atoms with Crippen molar-refractivity contribution in [2.45, 2.75) is 95.4 Å². The quantitative estimate of drug-likeness (QED) is 0.451. The molecule has 30 heavy (non-hydrogen) atoms. The highest BCUT2D eigenvalue weighted by Gasteiger charge is 2.38. The molecule has 0 spiro atoms. The summed E-state index contributed by atoms with van der Waals surface area (Å²) in [7, 11) is 0. The van der Waals surface area contributed by atoms with E-state index in [4.69, 9.17) is 10.2 Å². The zero-order valence-electron chi connectivity index (χ0n) is 21.3. The van der Waals surface area contributed by atoms with E-state index in [2.05, 4.69) is 90.0 Å². The molecule has 0 saturated carbocycles. The minimum atomic E-state index is 0.0544. The minimum Gasteiger partial charge on any atom is -0.150 e. The lowest BCUT2D eigenvalue weighted by Crippen LogP contribution is -2.36. The maximum atomic E-state index is 5.00. The molecule has 0 aliphatic carbocycles. The Balaban J connectivity index is 2.37. The van der Waals surface area contributed by atoms with Crippen LogP contribution in [0.4, 0.5) is 0 Å². The molecule has 3 heteroatoms. The van der Waals surface area contributed by atoms with Crippen LogP contribution < -0.4 is 0 Å². The van der Waals surface area contributed by atoms with Gasteiger partial charge in [-0.05, 0) is 116 Å². The van der Waals surface area contributed by atoms with Crippen LogP contribution in [0.3, 0.4) is 0 Å². The Morgan fingerprint density at radius 2 is 0.867 bits per heavy atom. The van der Waals surface area contributed by atoms with Crippen LogP contribution in [0.15, 0.2) is 0 Å². The normalized spacial score (nSPS) is 12.8. The summed E-state index contributed by atoms with van der Waals surface area (Å²) >= 11 is 0. The number of aryl methyl sites for hydroxylation is 2. The Morgan fingerprint density at radius 3 is 1.20 bits per heavy atom. The maximum Gasteiger partial charge on any atom is 0.117 e. The molecule has 3 aromatic rings. The van der Waals surface area contributed by atoms with Crippen molar-refractivity contribution in [1.82, 2.24) is 15.0 Å². The molecule has 0 fully saturated rings. The molecule has 3 rings (SSSR count). The molecule has 1 aromatic heterocycles. The molecule has 0 saturated heterocycles. The van der Waals surface area contributed by atoms with Crippen molar-refractivity contribution in [1.29, 1.82) is 0 Å². The van der Waals surface area contributed by atoms with Crippen LogP contribution in [-0.2, 0) is 5.41 Å². The first-order valence-electron chi connectivity index (χ1n) is 11.1. The van der Waals surface area contributed by atoms with Gasteiger partial charge in [0.05, 0.1) is 5.69 Å². The third kappa shape index (κ3) is 3.01. The Kier molecular flexibility index (Phi) is 5.21. The zero-order valence-corrected chi connectivity index (χ0v) is 21.3. The van der Waals surface area contributed by atoms with E-state index in [9.17, 15) is 0 Å². The zero-order chi connectivity index (χ0) is 22.9. The number of benzene rings is 2. The van der Waals surface area contributed by atoms with Crippen molar-refractivity contribution < 1.29 is 0 Å². The average Bonchev–Trinajstić information content (AvgIpc) is 3.07. The van der Waals surface area contributed by atoms with Crippen LogP contribution in [0.2, 0.25) is 0 Å². The fourth-order valence-corrected chi connectivity index (χ4v) is 4.73. The number of rotatable bonds is 2. The smallest absolute Gasteiger partial charge is 0.117 e. The van der Waals surface area contributed by atoms with Gasteiger partial charge in [-0.15, -0.1) is 15.0 Å². The molecule has 2 aromatic carbocycles. The van der Waals surface area contributed by atoms with Crippen molar-refractivity contribution in [2.75, 3.05) is 0 Å². The van der Waals surface area contributed by atoms with Crippen molar-refractivity contribution in [3.8, 4) is 5.69 Å². The lowest BCUT2D eigenvalue weighted by Gasteiger charge is -2.42. The molecule has 162 valence electrons. The van der Waals surface area contributed by atoms with Gasteiger partial charge in [-0.1, -0.05) is 34.6 Å². The predicted molar refractivity (Wildman–Crippen MR) is 129 cm³/mol. The van der Waals surface area contributed by atoms with E-state index in [-0.39, 0.29) is 10.8 Å². The van der Waals surface area contributed by atoms with E-state index >= 15 is 0 Å². The lowest BCUT2D eigenvalue weighted by atomic mass is 9.62. The second kappa shape index (κ2) is 6.93. The van der Waals surface area contributed by atoms with Crippen molar-refractivity contribution in [3.05, 3.63) is 50.1 Å². The first-order valence-corrected chi connectivity index (χ1v) is 11.1. The highest BCUT2D eigenvalue weighted by molar-refractivity contribution is 5.84. The number of aromatic nitrogens is 3. The largest absolute Gasteiger partial charge is 0.150 e. The van der Waals surface area contributed by atoms with Crippen molar-refractivity contribution >= 4 is 11.0 Å². The van der Waals surface area contributed by atoms with Gasteiger partial charge >= 0.3 is 0 Å². The molecule has 1 heterocycles. The van der Waals surface area contributed by atoms with Gasteiger partial charge in [0.25, 0.3) is 0 Å². The minimum absolute atomic E-state index is 0.0544. The second-order valence-corrected chi connectivity index (χ2v) is 10.8. The predicted octanol–water partition coefficient (Wildman–Crippen LogP) is 7.21. The first-order chi connectivity index (χ1) is 13.6. The number of fused-ring (bicyclic) bond motifs is 1. The Hall–Kier alpha value is -2.16. The molecule has 0 radical (unpaired) electrons. The monoisotopic (exact) mass is 405 g/mol. The molecule has 0 unspecified atom stereocenters. The van der Waals surface area contributed by atoms with Gasteiger partial charge in [-0.25, -0.2) is 0 Å². The molecule has 0 bridgehead atoms. The number of hydrogen-bond acceptors (Lipinski definition) is 2. The summed E-state index contributed by atoms with van der Waals surface area (Å²) in [5, 5.41) is 9.99. The average molecular weight is 406 g/mol. The SMILES string of the molecule is Cc1c(C)c(C(C)(C)C(C)(C)C)c(C)c(C)c1-n1nc2c(C)c(C)c(C)c(C)c2n1. The van der Waals surface area contributed by atoms with Crippen LogP contribution in [0.25, 0.3) is 16.7 Å². The fraction of sp³-hybridized carbons (Fsp3) is 0.556. The van der Waals surface area contributed by atoms with Gasteiger partial charge in [-0.2, -0.15) is 0 Å². The van der Waals surface area contributed by atoms with E-state index < -0.39 is 0 Å². The summed E-state index contributed by atoms with van der Waals surface area (Å²) in [6.07, 6.45) is 0. The van der Waals surface area contributed by atoms with Crippen LogP contribution in [0.5, 0.6) is 0 Å². The van der Waals surface area contributed by atoms with E-state index in [1.165, 1.54) is 50.1 Å². The summed E-state index contributed by atoms with van der Waals surface area (Å²) in [6.45, 7) is 29.4. The van der Waals surface area contributed by atoms with E-state index in [0.717, 1.165) is 16.7 Å². The van der Waals surface area contributed by atoms with Crippen LogP contribution in [-0.4, -0.2) is 15.0 Å². The highest BCUT2D eigenvalue weighted by atomic mass is 15.5. The lowest BCUT2D eigenvalue weighted by molar-refractivity contribution is 0.223. The molecule has 0 amide bonds. The summed E-state index contributed by atoms with van der Waals surface area (Å²) in [5.74, 6) is 0. The Morgan fingerprint density at radius 1 is 0.500 bits per heavy atom. The maximum absolute atomic E-state index is 5.00. The summed E-state index contributed by atoms with van der Waals surface area (Å²) in [4.78, 5) is 1.89. The number of hydrogen-bond donors (Lipinski definition) is 0. The topological polar surface area (TPSA) is 30.7 Å². The van der Waals surface area contributed by atoms with Gasteiger partial charge in [0.2, 0.25) is 0 Å². The Labute approximate surface area is 182 Å². The molecule has 0 N–H and O–H groups in total. The molecule has 0 aliphatic rings. The molecule has 3 nitrogen and oxygen atoms in total. The third-order valence-corrected chi connectivity index (χ3v) is 8.30. The van der Waals surface area contributed by atoms with E-state index in [1.54, 1.807) is 0 Å². The van der Waals surface area contributed by atoms with Gasteiger partial charge < -0.3 is 0 Å². The molecule has 0 atom stereocenters. The number of nitrogens with zero attached hydrogens (tertiary/aromatic N) is 3. The summed E-state index contributed by atoms with van der Waals surface area (Å²) < 4.78 is 0. The van der Waals surface area contributed by atoms with Gasteiger partial charge in [0.1, 0.15) is 11.0 Å². The van der Waals surface area contributed by atoms with Crippen LogP contribution in [0.1, 0.15) is 84.7 Å². The van der Waals surface area contributed by atoms with Gasteiger partial charge in [-0.3, -0.25) is 0 Å². The summed E-state index contributed by atoms with van der Waals surface area (Å²) in [5.41, 5.74) is 15.2. The fourth-order valence-electron chi connectivity index (χ4n) is 4.73. The molecular weight excluding hydrogens is 366 g/mol. The third-order valence-electron chi connectivity index (χ3n) is 8.30. The van der Waals surface area contributed by atoms with Crippen molar-refractivity contribution in [3.63, 3.8) is 0 Å². The van der Waals surface area contributed by atoms with E-state index in [0.29, 0.717) is 0 Å². The van der Waals surface area contributed by atoms with Crippen LogP contribution in [0, 0.1) is 60.8 Å². The first kappa shape index (κ1) is 22.5. The van der Waals surface area contributed by atoms with E-state index in [1.807, 2.05) is 4.80 Å². The van der Waals surface area contributed by atoms with Crippen LogP contribution >= 0.6 is 0 Å². The molecule has 0 aliphatic heterocycles. The summed E-state index contributed by atoms with van der Waals surface area (Å²) in [6, 6.07) is 0. The Bertz CT molecular complexity index is 1090. The highest BCUT2D eigenvalue weighted by Crippen LogP contribution is 2.46. The van der Waals surface area contributed by atoms with Gasteiger partial charge in [0.15, 0.2) is 0 Å². The standard InChI is InChI=1S/C27H39N3/c1-14-15(2)19(6)24-23(18(14)5)28-30(29-24)25-20(7)16(3)22(17(4)21(25)8)27(12,13)26(9,10)11/h1-13H3.